The zero-order valence-corrected chi connectivity index (χ0v) is 12.1. The van der Waals surface area contributed by atoms with Gasteiger partial charge in [0.1, 0.15) is 0 Å². The SMILES string of the molecule is CN(C)C(=O)c1ccc(N)c(NC2C=CS(=O)(=O)C2)c1. The molecular weight excluding hydrogens is 278 g/mol. The standard InChI is InChI=1S/C13H17N3O3S/c1-16(2)13(17)9-3-4-11(14)12(7-9)15-10-5-6-20(18,19)8-10/h3-7,10,15H,8,14H2,1-2H3. The molecule has 0 saturated carbocycles. The number of nitrogens with zero attached hydrogens (tertiary/aromatic N) is 1. The van der Waals surface area contributed by atoms with Gasteiger partial charge in [-0.15, -0.1) is 0 Å². The quantitative estimate of drug-likeness (QED) is 0.801. The first kappa shape index (κ1) is 14.4. The number of hydrogen-bond acceptors (Lipinski definition) is 5. The molecule has 20 heavy (non-hydrogen) atoms. The van der Waals surface area contributed by atoms with Crippen molar-refractivity contribution < 1.29 is 13.2 Å². The number of nitrogens with two attached hydrogens (primary N) is 1. The molecule has 6 nitrogen and oxygen atoms in total. The number of nitrogens with one attached hydrogen (secondary N) is 1. The Hall–Kier alpha value is -2.02. The second kappa shape index (κ2) is 5.16. The molecule has 0 bridgehead atoms. The van der Waals surface area contributed by atoms with E-state index in [-0.39, 0.29) is 17.7 Å². The first-order valence-corrected chi connectivity index (χ1v) is 7.79. The van der Waals surface area contributed by atoms with Crippen LogP contribution in [0.1, 0.15) is 10.4 Å². The van der Waals surface area contributed by atoms with E-state index >= 15 is 0 Å². The van der Waals surface area contributed by atoms with E-state index in [0.29, 0.717) is 16.9 Å². The average Bonchev–Trinajstić information content (AvgIpc) is 2.70. The van der Waals surface area contributed by atoms with Crippen molar-refractivity contribution in [3.63, 3.8) is 0 Å². The summed E-state index contributed by atoms with van der Waals surface area (Å²) in [6.45, 7) is 0. The highest BCUT2D eigenvalue weighted by Gasteiger charge is 2.22. The van der Waals surface area contributed by atoms with Crippen LogP contribution in [0, 0.1) is 0 Å². The minimum absolute atomic E-state index is 0.00169. The third-order valence-corrected chi connectivity index (χ3v) is 4.37. The normalized spacial score (nSPS) is 19.8. The van der Waals surface area contributed by atoms with Gasteiger partial charge in [-0.2, -0.15) is 0 Å². The molecule has 1 unspecified atom stereocenters. The molecule has 1 atom stereocenters. The molecular formula is C13H17N3O3S. The maximum absolute atomic E-state index is 11.9. The van der Waals surface area contributed by atoms with Crippen LogP contribution >= 0.6 is 0 Å². The largest absolute Gasteiger partial charge is 0.397 e. The third kappa shape index (κ3) is 3.11. The van der Waals surface area contributed by atoms with Crippen LogP contribution in [0.4, 0.5) is 11.4 Å². The summed E-state index contributed by atoms with van der Waals surface area (Å²) in [5.41, 5.74) is 7.38. The summed E-state index contributed by atoms with van der Waals surface area (Å²) >= 11 is 0. The minimum atomic E-state index is -3.13. The second-order valence-electron chi connectivity index (χ2n) is 4.91. The van der Waals surface area contributed by atoms with Gasteiger partial charge in [0.05, 0.1) is 23.2 Å². The number of amides is 1. The van der Waals surface area contributed by atoms with E-state index in [9.17, 15) is 13.2 Å². The van der Waals surface area contributed by atoms with Gasteiger partial charge >= 0.3 is 0 Å². The van der Waals surface area contributed by atoms with Crippen LogP contribution in [0.15, 0.2) is 29.7 Å². The smallest absolute Gasteiger partial charge is 0.253 e. The molecule has 0 aliphatic carbocycles. The van der Waals surface area contributed by atoms with Crippen LogP contribution in [0.2, 0.25) is 0 Å². The Morgan fingerprint density at radius 1 is 1.40 bits per heavy atom. The van der Waals surface area contributed by atoms with Crippen molar-refractivity contribution in [1.82, 2.24) is 4.90 Å². The van der Waals surface area contributed by atoms with E-state index in [1.165, 1.54) is 10.3 Å². The molecule has 108 valence electrons. The highest BCUT2D eigenvalue weighted by Crippen LogP contribution is 2.23. The fraction of sp³-hybridized carbons (Fsp3) is 0.308. The molecule has 1 aromatic carbocycles. The van der Waals surface area contributed by atoms with Crippen molar-refractivity contribution in [3.8, 4) is 0 Å². The van der Waals surface area contributed by atoms with Crippen LogP contribution in [-0.4, -0.2) is 45.1 Å². The fourth-order valence-corrected chi connectivity index (χ4v) is 3.17. The highest BCUT2D eigenvalue weighted by atomic mass is 32.2. The summed E-state index contributed by atoms with van der Waals surface area (Å²) in [5.74, 6) is -0.138. The Morgan fingerprint density at radius 3 is 2.65 bits per heavy atom. The fourth-order valence-electron chi connectivity index (χ4n) is 1.94. The Morgan fingerprint density at radius 2 is 2.10 bits per heavy atom. The highest BCUT2D eigenvalue weighted by molar-refractivity contribution is 7.94. The molecule has 0 saturated heterocycles. The zero-order valence-electron chi connectivity index (χ0n) is 11.3. The molecule has 0 fully saturated rings. The van der Waals surface area contributed by atoms with Crippen molar-refractivity contribution in [2.75, 3.05) is 30.9 Å². The van der Waals surface area contributed by atoms with E-state index < -0.39 is 9.84 Å². The number of carbonyl (C=O) groups excluding carboxylic acids is 1. The summed E-state index contributed by atoms with van der Waals surface area (Å²) in [7, 11) is 0.202. The minimum Gasteiger partial charge on any atom is -0.397 e. The lowest BCUT2D eigenvalue weighted by Gasteiger charge is -2.16. The predicted molar refractivity (Wildman–Crippen MR) is 79.2 cm³/mol. The zero-order chi connectivity index (χ0) is 14.9. The Labute approximate surface area is 118 Å². The van der Waals surface area contributed by atoms with Gasteiger partial charge in [0.15, 0.2) is 9.84 Å². The average molecular weight is 295 g/mol. The van der Waals surface area contributed by atoms with E-state index in [2.05, 4.69) is 5.32 Å². The van der Waals surface area contributed by atoms with Gasteiger partial charge < -0.3 is 16.0 Å². The first-order valence-electron chi connectivity index (χ1n) is 6.07. The molecule has 1 aromatic rings. The van der Waals surface area contributed by atoms with Gasteiger partial charge in [0.25, 0.3) is 5.91 Å². The number of nitrogen functional groups attached to an aromatic ring is 1. The van der Waals surface area contributed by atoms with Gasteiger partial charge in [0, 0.05) is 25.1 Å². The molecule has 0 spiro atoms. The summed E-state index contributed by atoms with van der Waals surface area (Å²) in [5, 5.41) is 4.23. The van der Waals surface area contributed by atoms with E-state index in [1.54, 1.807) is 38.4 Å². The maximum atomic E-state index is 11.9. The summed E-state index contributed by atoms with van der Waals surface area (Å²) in [4.78, 5) is 13.4. The van der Waals surface area contributed by atoms with Crippen LogP contribution in [-0.2, 0) is 9.84 Å². The molecule has 1 aliphatic heterocycles. The Balaban J connectivity index is 2.22. The second-order valence-corrected chi connectivity index (χ2v) is 6.84. The molecule has 0 radical (unpaired) electrons. The van der Waals surface area contributed by atoms with Crippen molar-refractivity contribution in [3.05, 3.63) is 35.2 Å². The van der Waals surface area contributed by atoms with E-state index in [1.807, 2.05) is 0 Å². The van der Waals surface area contributed by atoms with Crippen molar-refractivity contribution in [2.45, 2.75) is 6.04 Å². The van der Waals surface area contributed by atoms with Crippen molar-refractivity contribution in [2.24, 2.45) is 0 Å². The van der Waals surface area contributed by atoms with Crippen LogP contribution in [0.25, 0.3) is 0 Å². The molecule has 2 rings (SSSR count). The van der Waals surface area contributed by atoms with Crippen LogP contribution < -0.4 is 11.1 Å². The molecule has 0 aromatic heterocycles. The number of anilines is 2. The Kier molecular flexibility index (Phi) is 3.71. The third-order valence-electron chi connectivity index (χ3n) is 2.98. The Bertz CT molecular complexity index is 665. The lowest BCUT2D eigenvalue weighted by Crippen LogP contribution is -2.24. The predicted octanol–water partition coefficient (Wildman–Crippen LogP) is 0.693. The summed E-state index contributed by atoms with van der Waals surface area (Å²) in [6, 6.07) is 4.58. The van der Waals surface area contributed by atoms with E-state index in [0.717, 1.165) is 0 Å². The molecule has 1 aliphatic rings. The topological polar surface area (TPSA) is 92.5 Å². The number of hydrogen-bond donors (Lipinski definition) is 2. The number of sulfone groups is 1. The first-order chi connectivity index (χ1) is 9.28. The number of rotatable bonds is 3. The number of carbonyl (C=O) groups is 1. The van der Waals surface area contributed by atoms with Gasteiger partial charge in [-0.3, -0.25) is 4.79 Å². The summed E-state index contributed by atoms with van der Waals surface area (Å²) in [6.07, 6.45) is 1.58. The monoisotopic (exact) mass is 295 g/mol. The van der Waals surface area contributed by atoms with Gasteiger partial charge in [-0.25, -0.2) is 8.42 Å². The van der Waals surface area contributed by atoms with Crippen molar-refractivity contribution in [1.29, 1.82) is 0 Å². The molecule has 1 heterocycles. The molecule has 1 amide bonds. The van der Waals surface area contributed by atoms with Crippen molar-refractivity contribution >= 4 is 27.1 Å². The van der Waals surface area contributed by atoms with Gasteiger partial charge in [0.2, 0.25) is 0 Å². The maximum Gasteiger partial charge on any atom is 0.253 e. The van der Waals surface area contributed by atoms with Gasteiger partial charge in [-0.05, 0) is 18.2 Å². The van der Waals surface area contributed by atoms with Crippen LogP contribution in [0.3, 0.4) is 0 Å². The lowest BCUT2D eigenvalue weighted by atomic mass is 10.1. The summed E-state index contributed by atoms with van der Waals surface area (Å²) < 4.78 is 22.7. The van der Waals surface area contributed by atoms with Gasteiger partial charge in [-0.1, -0.05) is 6.08 Å². The number of benzene rings is 1. The lowest BCUT2D eigenvalue weighted by molar-refractivity contribution is 0.0827. The van der Waals surface area contributed by atoms with Crippen LogP contribution in [0.5, 0.6) is 0 Å². The molecule has 7 heteroatoms. The van der Waals surface area contributed by atoms with E-state index in [4.69, 9.17) is 5.73 Å². The molecule has 3 N–H and O–H groups in total.